The number of hydrogen-bond donors (Lipinski definition) is 1. The van der Waals surface area contributed by atoms with Crippen LogP contribution in [0.4, 0.5) is 17.1 Å². The molecule has 2 aromatic rings. The van der Waals surface area contributed by atoms with Crippen molar-refractivity contribution in [2.45, 2.75) is 26.3 Å². The molecule has 0 saturated carbocycles. The van der Waals surface area contributed by atoms with Crippen molar-refractivity contribution in [2.75, 3.05) is 10.6 Å². The van der Waals surface area contributed by atoms with Crippen LogP contribution in [0.3, 0.4) is 0 Å². The Labute approximate surface area is 108 Å². The zero-order valence-corrected chi connectivity index (χ0v) is 10.9. The third-order valence-electron chi connectivity index (χ3n) is 3.65. The SMILES string of the molecule is Cc1ccc(N)c(N2c3ccccc3CC2C)c1. The highest BCUT2D eigenvalue weighted by molar-refractivity contribution is 5.79. The molecule has 18 heavy (non-hydrogen) atoms. The second-order valence-corrected chi connectivity index (χ2v) is 5.11. The van der Waals surface area contributed by atoms with Gasteiger partial charge >= 0.3 is 0 Å². The Morgan fingerprint density at radius 1 is 1.11 bits per heavy atom. The van der Waals surface area contributed by atoms with Gasteiger partial charge in [0.2, 0.25) is 0 Å². The van der Waals surface area contributed by atoms with Crippen molar-refractivity contribution in [1.82, 2.24) is 0 Å². The summed E-state index contributed by atoms with van der Waals surface area (Å²) in [5.41, 5.74) is 12.1. The van der Waals surface area contributed by atoms with Gasteiger partial charge in [-0.1, -0.05) is 24.3 Å². The Balaban J connectivity index is 2.14. The maximum absolute atomic E-state index is 6.15. The lowest BCUT2D eigenvalue weighted by molar-refractivity contribution is 0.759. The standard InChI is InChI=1S/C16H18N2/c1-11-7-8-14(17)16(9-11)18-12(2)10-13-5-3-4-6-15(13)18/h3-9,12H,10,17H2,1-2H3. The normalized spacial score (nSPS) is 17.9. The van der Waals surface area contributed by atoms with Gasteiger partial charge in [0.25, 0.3) is 0 Å². The van der Waals surface area contributed by atoms with E-state index in [1.54, 1.807) is 0 Å². The highest BCUT2D eigenvalue weighted by Gasteiger charge is 2.27. The van der Waals surface area contributed by atoms with E-state index < -0.39 is 0 Å². The van der Waals surface area contributed by atoms with E-state index in [0.29, 0.717) is 6.04 Å². The van der Waals surface area contributed by atoms with Gasteiger partial charge in [0.1, 0.15) is 0 Å². The van der Waals surface area contributed by atoms with E-state index in [-0.39, 0.29) is 0 Å². The molecule has 1 unspecified atom stereocenters. The molecular weight excluding hydrogens is 220 g/mol. The lowest BCUT2D eigenvalue weighted by Crippen LogP contribution is -2.24. The Hall–Kier alpha value is -1.96. The first-order valence-electron chi connectivity index (χ1n) is 6.40. The number of hydrogen-bond acceptors (Lipinski definition) is 2. The van der Waals surface area contributed by atoms with E-state index in [4.69, 9.17) is 5.73 Å². The first kappa shape index (κ1) is 11.1. The number of nitrogen functional groups attached to an aromatic ring is 1. The van der Waals surface area contributed by atoms with E-state index in [1.165, 1.54) is 16.8 Å². The van der Waals surface area contributed by atoms with E-state index in [9.17, 15) is 0 Å². The second kappa shape index (κ2) is 4.05. The molecule has 2 N–H and O–H groups in total. The van der Waals surface area contributed by atoms with Crippen molar-refractivity contribution in [3.63, 3.8) is 0 Å². The van der Waals surface area contributed by atoms with E-state index in [1.807, 2.05) is 6.07 Å². The molecule has 0 aromatic heterocycles. The zero-order chi connectivity index (χ0) is 12.7. The van der Waals surface area contributed by atoms with Crippen LogP contribution >= 0.6 is 0 Å². The summed E-state index contributed by atoms with van der Waals surface area (Å²) in [7, 11) is 0. The Bertz CT molecular complexity index is 589. The van der Waals surface area contributed by atoms with Crippen LogP contribution in [0.5, 0.6) is 0 Å². The largest absolute Gasteiger partial charge is 0.397 e. The maximum atomic E-state index is 6.15. The molecule has 0 bridgehead atoms. The van der Waals surface area contributed by atoms with Crippen LogP contribution in [0.25, 0.3) is 0 Å². The molecule has 0 spiro atoms. The lowest BCUT2D eigenvalue weighted by Gasteiger charge is -2.26. The fourth-order valence-electron chi connectivity index (χ4n) is 2.79. The topological polar surface area (TPSA) is 29.3 Å². The smallest absolute Gasteiger partial charge is 0.0649 e. The van der Waals surface area contributed by atoms with Crippen LogP contribution in [-0.4, -0.2) is 6.04 Å². The number of anilines is 3. The van der Waals surface area contributed by atoms with Crippen molar-refractivity contribution < 1.29 is 0 Å². The average Bonchev–Trinajstić information content (AvgIpc) is 2.68. The number of rotatable bonds is 1. The third-order valence-corrected chi connectivity index (χ3v) is 3.65. The molecule has 0 saturated heterocycles. The van der Waals surface area contributed by atoms with E-state index in [2.05, 4.69) is 55.1 Å². The summed E-state index contributed by atoms with van der Waals surface area (Å²) in [4.78, 5) is 2.36. The van der Waals surface area contributed by atoms with Gasteiger partial charge in [0.05, 0.1) is 11.4 Å². The van der Waals surface area contributed by atoms with Crippen molar-refractivity contribution in [3.05, 3.63) is 53.6 Å². The highest BCUT2D eigenvalue weighted by Crippen LogP contribution is 2.40. The summed E-state index contributed by atoms with van der Waals surface area (Å²) < 4.78 is 0. The lowest BCUT2D eigenvalue weighted by atomic mass is 10.1. The van der Waals surface area contributed by atoms with Crippen LogP contribution in [0, 0.1) is 6.92 Å². The Morgan fingerprint density at radius 3 is 2.72 bits per heavy atom. The first-order valence-corrected chi connectivity index (χ1v) is 6.40. The van der Waals surface area contributed by atoms with Gasteiger partial charge in [-0.05, 0) is 49.6 Å². The van der Waals surface area contributed by atoms with Crippen LogP contribution in [0.2, 0.25) is 0 Å². The number of nitrogens with two attached hydrogens (primary N) is 1. The molecule has 0 amide bonds. The molecule has 92 valence electrons. The third kappa shape index (κ3) is 1.65. The quantitative estimate of drug-likeness (QED) is 0.768. The number of nitrogens with zero attached hydrogens (tertiary/aromatic N) is 1. The molecule has 3 rings (SSSR count). The van der Waals surface area contributed by atoms with Crippen molar-refractivity contribution >= 4 is 17.1 Å². The van der Waals surface area contributed by atoms with Crippen LogP contribution in [-0.2, 0) is 6.42 Å². The number of aryl methyl sites for hydroxylation is 1. The Kier molecular flexibility index (Phi) is 2.51. The van der Waals surface area contributed by atoms with E-state index >= 15 is 0 Å². The summed E-state index contributed by atoms with van der Waals surface area (Å²) >= 11 is 0. The molecule has 1 heterocycles. The van der Waals surface area contributed by atoms with Crippen molar-refractivity contribution in [1.29, 1.82) is 0 Å². The molecule has 0 radical (unpaired) electrons. The Morgan fingerprint density at radius 2 is 1.89 bits per heavy atom. The first-order chi connectivity index (χ1) is 8.66. The summed E-state index contributed by atoms with van der Waals surface area (Å²) in [6.45, 7) is 4.36. The van der Waals surface area contributed by atoms with Gasteiger partial charge in [-0.2, -0.15) is 0 Å². The summed E-state index contributed by atoms with van der Waals surface area (Å²) in [5, 5.41) is 0. The fraction of sp³-hybridized carbons (Fsp3) is 0.250. The van der Waals surface area contributed by atoms with Crippen molar-refractivity contribution in [2.24, 2.45) is 0 Å². The monoisotopic (exact) mass is 238 g/mol. The molecule has 1 aliphatic heterocycles. The van der Waals surface area contributed by atoms with Gasteiger partial charge in [0.15, 0.2) is 0 Å². The molecule has 1 atom stereocenters. The highest BCUT2D eigenvalue weighted by atomic mass is 15.2. The summed E-state index contributed by atoms with van der Waals surface area (Å²) in [5.74, 6) is 0. The predicted molar refractivity (Wildman–Crippen MR) is 77.3 cm³/mol. The molecule has 2 nitrogen and oxygen atoms in total. The van der Waals surface area contributed by atoms with Crippen LogP contribution < -0.4 is 10.6 Å². The predicted octanol–water partition coefficient (Wildman–Crippen LogP) is 3.66. The average molecular weight is 238 g/mol. The number of fused-ring (bicyclic) bond motifs is 1. The van der Waals surface area contributed by atoms with Gasteiger partial charge in [-0.25, -0.2) is 0 Å². The number of benzene rings is 2. The molecule has 0 fully saturated rings. The maximum Gasteiger partial charge on any atom is 0.0649 e. The summed E-state index contributed by atoms with van der Waals surface area (Å²) in [6, 6.07) is 15.3. The zero-order valence-electron chi connectivity index (χ0n) is 10.9. The van der Waals surface area contributed by atoms with Crippen LogP contribution in [0.1, 0.15) is 18.1 Å². The minimum Gasteiger partial charge on any atom is -0.397 e. The van der Waals surface area contributed by atoms with Gasteiger partial charge in [-0.3, -0.25) is 0 Å². The molecule has 0 aliphatic carbocycles. The fourth-order valence-corrected chi connectivity index (χ4v) is 2.79. The second-order valence-electron chi connectivity index (χ2n) is 5.11. The van der Waals surface area contributed by atoms with Crippen LogP contribution in [0.15, 0.2) is 42.5 Å². The molecule has 1 aliphatic rings. The van der Waals surface area contributed by atoms with Gasteiger partial charge < -0.3 is 10.6 Å². The molecule has 2 heteroatoms. The molecule has 2 aromatic carbocycles. The van der Waals surface area contributed by atoms with Crippen molar-refractivity contribution in [3.8, 4) is 0 Å². The van der Waals surface area contributed by atoms with Gasteiger partial charge in [0, 0.05) is 11.7 Å². The minimum atomic E-state index is 0.464. The number of para-hydroxylation sites is 1. The summed E-state index contributed by atoms with van der Waals surface area (Å²) in [6.07, 6.45) is 1.09. The van der Waals surface area contributed by atoms with E-state index in [0.717, 1.165) is 17.8 Å². The minimum absolute atomic E-state index is 0.464. The van der Waals surface area contributed by atoms with Gasteiger partial charge in [-0.15, -0.1) is 0 Å². The molecular formula is C16H18N2.